The minimum absolute atomic E-state index is 0.129. The van der Waals surface area contributed by atoms with Crippen LogP contribution in [0.2, 0.25) is 5.02 Å². The van der Waals surface area contributed by atoms with Gasteiger partial charge in [0.1, 0.15) is 5.82 Å². The maximum Gasteiger partial charge on any atom is 0.178 e. The summed E-state index contributed by atoms with van der Waals surface area (Å²) >= 11 is 11.2. The van der Waals surface area contributed by atoms with Gasteiger partial charge in [-0.1, -0.05) is 25.4 Å². The fourth-order valence-electron chi connectivity index (χ4n) is 2.37. The summed E-state index contributed by atoms with van der Waals surface area (Å²) in [6, 6.07) is 3.03. The normalized spacial score (nSPS) is 11.7. The largest absolute Gasteiger partial charge is 0.330 e. The smallest absolute Gasteiger partial charge is 0.178 e. The number of hydrogen-bond donors (Lipinski definition) is 1. The Hall–Kier alpha value is -0.910. The van der Waals surface area contributed by atoms with Crippen molar-refractivity contribution in [1.82, 2.24) is 14.5 Å². The van der Waals surface area contributed by atoms with E-state index >= 15 is 0 Å². The molecule has 0 fully saturated rings. The lowest BCUT2D eigenvalue weighted by atomic mass is 10.3. The number of rotatable bonds is 6. The van der Waals surface area contributed by atoms with Crippen molar-refractivity contribution >= 4 is 34.9 Å². The second-order valence-corrected chi connectivity index (χ2v) is 5.54. The van der Waals surface area contributed by atoms with Gasteiger partial charge in [-0.05, 0) is 44.3 Å². The molecule has 1 aromatic carbocycles. The highest BCUT2D eigenvalue weighted by molar-refractivity contribution is 7.71. The quantitative estimate of drug-likeness (QED) is 0.807. The van der Waals surface area contributed by atoms with Gasteiger partial charge in [0.15, 0.2) is 4.77 Å². The van der Waals surface area contributed by atoms with E-state index < -0.39 is 5.82 Å². The van der Waals surface area contributed by atoms with E-state index in [1.165, 1.54) is 6.07 Å². The van der Waals surface area contributed by atoms with Gasteiger partial charge in [-0.2, -0.15) is 0 Å². The maximum absolute atomic E-state index is 13.4. The third-order valence-electron chi connectivity index (χ3n) is 3.57. The van der Waals surface area contributed by atoms with Crippen LogP contribution in [0.5, 0.6) is 0 Å². The van der Waals surface area contributed by atoms with E-state index in [9.17, 15) is 4.39 Å². The molecule has 0 saturated heterocycles. The highest BCUT2D eigenvalue weighted by Crippen LogP contribution is 2.23. The average molecular weight is 316 g/mol. The summed E-state index contributed by atoms with van der Waals surface area (Å²) in [5, 5.41) is 0.129. The van der Waals surface area contributed by atoms with E-state index in [4.69, 9.17) is 23.8 Å². The molecule has 0 spiro atoms. The number of aryl methyl sites for hydroxylation is 1. The molecule has 1 heterocycles. The van der Waals surface area contributed by atoms with Crippen LogP contribution >= 0.6 is 23.8 Å². The molecule has 0 saturated carbocycles. The van der Waals surface area contributed by atoms with Crippen LogP contribution in [0.1, 0.15) is 20.3 Å². The lowest BCUT2D eigenvalue weighted by molar-refractivity contribution is 0.293. The van der Waals surface area contributed by atoms with E-state index in [1.807, 2.05) is 4.57 Å². The van der Waals surface area contributed by atoms with Gasteiger partial charge in [-0.3, -0.25) is 0 Å². The molecule has 0 radical (unpaired) electrons. The molecule has 1 N–H and O–H groups in total. The zero-order valence-electron chi connectivity index (χ0n) is 11.7. The van der Waals surface area contributed by atoms with Crippen molar-refractivity contribution in [2.24, 2.45) is 0 Å². The summed E-state index contributed by atoms with van der Waals surface area (Å²) in [6.07, 6.45) is 0.998. The molecule has 110 valence electrons. The molecular formula is C14H19ClFN3S. The van der Waals surface area contributed by atoms with Gasteiger partial charge in [0.05, 0.1) is 16.1 Å². The number of aromatic nitrogens is 2. The van der Waals surface area contributed by atoms with Gasteiger partial charge in [0.25, 0.3) is 0 Å². The summed E-state index contributed by atoms with van der Waals surface area (Å²) in [5.74, 6) is -0.425. The molecule has 1 aromatic heterocycles. The monoisotopic (exact) mass is 315 g/mol. The summed E-state index contributed by atoms with van der Waals surface area (Å²) in [5.41, 5.74) is 1.56. The Kier molecular flexibility index (Phi) is 5.18. The third kappa shape index (κ3) is 3.22. The number of hydrogen-bond acceptors (Lipinski definition) is 2. The van der Waals surface area contributed by atoms with Crippen molar-refractivity contribution in [3.8, 4) is 0 Å². The minimum Gasteiger partial charge on any atom is -0.330 e. The Morgan fingerprint density at radius 1 is 1.35 bits per heavy atom. The van der Waals surface area contributed by atoms with Gasteiger partial charge in [-0.25, -0.2) is 4.39 Å². The molecule has 3 nitrogen and oxygen atoms in total. The van der Waals surface area contributed by atoms with E-state index in [0.29, 0.717) is 10.3 Å². The van der Waals surface area contributed by atoms with Crippen LogP contribution in [-0.2, 0) is 6.54 Å². The molecule has 0 aliphatic carbocycles. The lowest BCUT2D eigenvalue weighted by Crippen LogP contribution is -2.24. The van der Waals surface area contributed by atoms with Crippen LogP contribution in [0.15, 0.2) is 12.1 Å². The predicted molar refractivity (Wildman–Crippen MR) is 84.5 cm³/mol. The van der Waals surface area contributed by atoms with Gasteiger partial charge < -0.3 is 14.5 Å². The number of fused-ring (bicyclic) bond motifs is 1. The zero-order valence-corrected chi connectivity index (χ0v) is 13.3. The van der Waals surface area contributed by atoms with E-state index in [-0.39, 0.29) is 5.02 Å². The lowest BCUT2D eigenvalue weighted by Gasteiger charge is -2.17. The van der Waals surface area contributed by atoms with E-state index in [0.717, 1.165) is 38.1 Å². The number of H-pyrrole nitrogens is 1. The number of nitrogens with one attached hydrogen (secondary N) is 1. The molecule has 0 atom stereocenters. The molecule has 0 aliphatic heterocycles. The fraction of sp³-hybridized carbons (Fsp3) is 0.500. The first-order valence-corrected chi connectivity index (χ1v) is 7.65. The van der Waals surface area contributed by atoms with E-state index in [2.05, 4.69) is 23.7 Å². The number of benzene rings is 1. The molecule has 0 bridgehead atoms. The standard InChI is InChI=1S/C14H19ClFN3S/c1-3-18(4-2)6-5-7-19-13-8-10(15)11(16)9-12(13)17-14(19)20/h8-9H,3-7H2,1-2H3,(H,17,20). The van der Waals surface area contributed by atoms with Gasteiger partial charge in [-0.15, -0.1) is 0 Å². The summed E-state index contributed by atoms with van der Waals surface area (Å²) in [6.45, 7) is 8.24. The van der Waals surface area contributed by atoms with Gasteiger partial charge in [0.2, 0.25) is 0 Å². The zero-order chi connectivity index (χ0) is 14.7. The minimum atomic E-state index is -0.425. The topological polar surface area (TPSA) is 24.0 Å². The first-order valence-electron chi connectivity index (χ1n) is 6.86. The summed E-state index contributed by atoms with van der Waals surface area (Å²) in [4.78, 5) is 5.39. The third-order valence-corrected chi connectivity index (χ3v) is 4.18. The summed E-state index contributed by atoms with van der Waals surface area (Å²) < 4.78 is 16.0. The molecule has 2 aromatic rings. The first kappa shape index (κ1) is 15.5. The van der Waals surface area contributed by atoms with Crippen molar-refractivity contribution in [2.45, 2.75) is 26.8 Å². The van der Waals surface area contributed by atoms with Gasteiger partial charge in [0, 0.05) is 12.6 Å². The summed E-state index contributed by atoms with van der Waals surface area (Å²) in [7, 11) is 0. The molecule has 6 heteroatoms. The molecule has 0 aliphatic rings. The SMILES string of the molecule is CCN(CC)CCCn1c(=S)[nH]c2cc(F)c(Cl)cc21. The average Bonchev–Trinajstić information content (AvgIpc) is 2.71. The van der Waals surface area contributed by atoms with Crippen LogP contribution in [0.3, 0.4) is 0 Å². The molecule has 2 rings (SSSR count). The van der Waals surface area contributed by atoms with Crippen molar-refractivity contribution in [3.05, 3.63) is 27.7 Å². The highest BCUT2D eigenvalue weighted by atomic mass is 35.5. The van der Waals surface area contributed by atoms with Crippen LogP contribution in [0.25, 0.3) is 11.0 Å². The fourth-order valence-corrected chi connectivity index (χ4v) is 2.82. The van der Waals surface area contributed by atoms with Crippen molar-refractivity contribution in [2.75, 3.05) is 19.6 Å². The van der Waals surface area contributed by atoms with Crippen LogP contribution in [0.4, 0.5) is 4.39 Å². The molecule has 20 heavy (non-hydrogen) atoms. The molecule has 0 unspecified atom stereocenters. The Bertz CT molecular complexity index is 646. The Balaban J connectivity index is 2.19. The van der Waals surface area contributed by atoms with Crippen LogP contribution in [-0.4, -0.2) is 34.1 Å². The van der Waals surface area contributed by atoms with Crippen molar-refractivity contribution < 1.29 is 4.39 Å². The second-order valence-electron chi connectivity index (χ2n) is 4.75. The molecular weight excluding hydrogens is 297 g/mol. The number of aromatic amines is 1. The van der Waals surface area contributed by atoms with Crippen molar-refractivity contribution in [3.63, 3.8) is 0 Å². The highest BCUT2D eigenvalue weighted by Gasteiger charge is 2.09. The predicted octanol–water partition coefficient (Wildman–Crippen LogP) is 4.22. The number of imidazole rings is 1. The Labute approximate surface area is 128 Å². The van der Waals surface area contributed by atoms with Gasteiger partial charge >= 0.3 is 0 Å². The maximum atomic E-state index is 13.4. The Morgan fingerprint density at radius 3 is 2.70 bits per heavy atom. The first-order chi connectivity index (χ1) is 9.56. The van der Waals surface area contributed by atoms with E-state index in [1.54, 1.807) is 6.07 Å². The van der Waals surface area contributed by atoms with Crippen LogP contribution < -0.4 is 0 Å². The van der Waals surface area contributed by atoms with Crippen LogP contribution in [0, 0.1) is 10.6 Å². The Morgan fingerprint density at radius 2 is 2.05 bits per heavy atom. The number of nitrogens with zero attached hydrogens (tertiary/aromatic N) is 2. The van der Waals surface area contributed by atoms with Crippen molar-refractivity contribution in [1.29, 1.82) is 0 Å². The number of halogens is 2. The second kappa shape index (κ2) is 6.70. The molecule has 0 amide bonds.